The van der Waals surface area contributed by atoms with E-state index in [0.29, 0.717) is 18.6 Å². The molecule has 0 saturated carbocycles. The van der Waals surface area contributed by atoms with Crippen molar-refractivity contribution >= 4 is 5.91 Å². The number of hydrogen-bond acceptors (Lipinski definition) is 4. The fraction of sp³-hybridized carbons (Fsp3) is 0.647. The molecular weight excluding hydrogens is 278 g/mol. The third kappa shape index (κ3) is 4.78. The van der Waals surface area contributed by atoms with Gasteiger partial charge in [-0.1, -0.05) is 19.9 Å². The Labute approximate surface area is 133 Å². The van der Waals surface area contributed by atoms with Crippen LogP contribution in [0.5, 0.6) is 0 Å². The van der Waals surface area contributed by atoms with E-state index in [4.69, 9.17) is 4.74 Å². The number of carbonyl (C=O) groups excluding carboxylic acids is 1. The Morgan fingerprint density at radius 2 is 2.27 bits per heavy atom. The highest BCUT2D eigenvalue weighted by atomic mass is 16.5. The molecule has 5 nitrogen and oxygen atoms in total. The first-order valence-corrected chi connectivity index (χ1v) is 8.08. The molecule has 1 amide bonds. The van der Waals surface area contributed by atoms with E-state index in [1.165, 1.54) is 5.56 Å². The third-order valence-corrected chi connectivity index (χ3v) is 3.87. The summed E-state index contributed by atoms with van der Waals surface area (Å²) in [5, 5.41) is 0. The number of pyridine rings is 1. The van der Waals surface area contributed by atoms with E-state index in [9.17, 15) is 4.79 Å². The van der Waals surface area contributed by atoms with Gasteiger partial charge in [-0.15, -0.1) is 0 Å². The first kappa shape index (κ1) is 16.9. The van der Waals surface area contributed by atoms with E-state index in [-0.39, 0.29) is 12.5 Å². The molecule has 22 heavy (non-hydrogen) atoms. The van der Waals surface area contributed by atoms with Crippen LogP contribution in [0.2, 0.25) is 0 Å². The number of ether oxygens (including phenoxy) is 1. The van der Waals surface area contributed by atoms with E-state index < -0.39 is 0 Å². The molecule has 0 unspecified atom stereocenters. The van der Waals surface area contributed by atoms with Crippen molar-refractivity contribution in [3.63, 3.8) is 0 Å². The molecule has 5 heteroatoms. The van der Waals surface area contributed by atoms with Crippen molar-refractivity contribution in [2.45, 2.75) is 33.4 Å². The Morgan fingerprint density at radius 1 is 1.50 bits per heavy atom. The molecule has 122 valence electrons. The average molecular weight is 305 g/mol. The fourth-order valence-electron chi connectivity index (χ4n) is 2.71. The summed E-state index contributed by atoms with van der Waals surface area (Å²) in [7, 11) is 0. The molecule has 0 atom stereocenters. The van der Waals surface area contributed by atoms with Gasteiger partial charge in [0, 0.05) is 51.2 Å². The van der Waals surface area contributed by atoms with Gasteiger partial charge >= 0.3 is 0 Å². The zero-order chi connectivity index (χ0) is 15.9. The maximum atomic E-state index is 11.9. The summed E-state index contributed by atoms with van der Waals surface area (Å²) in [6.45, 7) is 10.7. The summed E-state index contributed by atoms with van der Waals surface area (Å²) in [6.07, 6.45) is 3.72. The molecular formula is C17H27N3O2. The Morgan fingerprint density at radius 3 is 2.86 bits per heavy atom. The van der Waals surface area contributed by atoms with Crippen LogP contribution >= 0.6 is 0 Å². The maximum Gasteiger partial charge on any atom is 0.248 e. The predicted molar refractivity (Wildman–Crippen MR) is 86.3 cm³/mol. The Kier molecular flexibility index (Phi) is 6.34. The minimum Gasteiger partial charge on any atom is -0.372 e. The second-order valence-electron chi connectivity index (χ2n) is 6.27. The number of likely N-dealkylation sites (tertiary alicyclic amines) is 1. The smallest absolute Gasteiger partial charge is 0.248 e. The molecule has 0 aliphatic carbocycles. The van der Waals surface area contributed by atoms with Gasteiger partial charge in [0.15, 0.2) is 0 Å². The summed E-state index contributed by atoms with van der Waals surface area (Å²) in [5.74, 6) is 0.703. The summed E-state index contributed by atoms with van der Waals surface area (Å²) < 4.78 is 5.19. The van der Waals surface area contributed by atoms with Crippen LogP contribution in [0.25, 0.3) is 0 Å². The lowest BCUT2D eigenvalue weighted by molar-refractivity contribution is -0.143. The van der Waals surface area contributed by atoms with Crippen molar-refractivity contribution in [2.24, 2.45) is 5.92 Å². The number of nitrogens with zero attached hydrogens (tertiary/aromatic N) is 3. The summed E-state index contributed by atoms with van der Waals surface area (Å²) in [5.41, 5.74) is 1.22. The minimum atomic E-state index is 0.101. The van der Waals surface area contributed by atoms with Gasteiger partial charge in [0.1, 0.15) is 6.61 Å². The number of amides is 1. The first-order valence-electron chi connectivity index (χ1n) is 8.08. The SMILES string of the molecule is CCOCC(=O)N1CC(N(Cc2cccnc2)CC(C)C)C1. The molecule has 1 fully saturated rings. The van der Waals surface area contributed by atoms with Crippen LogP contribution in [0.3, 0.4) is 0 Å². The van der Waals surface area contributed by atoms with Gasteiger partial charge in [0.2, 0.25) is 5.91 Å². The second-order valence-corrected chi connectivity index (χ2v) is 6.27. The molecule has 0 radical (unpaired) electrons. The molecule has 0 spiro atoms. The Hall–Kier alpha value is -1.46. The standard InChI is InChI=1S/C17H27N3O2/c1-4-22-13-17(21)20-11-16(12-20)19(9-14(2)3)10-15-6-5-7-18-8-15/h5-8,14,16H,4,9-13H2,1-3H3. The number of carbonyl (C=O) groups is 1. The minimum absolute atomic E-state index is 0.101. The number of hydrogen-bond donors (Lipinski definition) is 0. The Balaban J connectivity index is 1.87. The highest BCUT2D eigenvalue weighted by molar-refractivity contribution is 5.78. The molecule has 0 bridgehead atoms. The van der Waals surface area contributed by atoms with Crippen molar-refractivity contribution in [2.75, 3.05) is 32.8 Å². The average Bonchev–Trinajstić information content (AvgIpc) is 2.44. The molecule has 2 heterocycles. The van der Waals surface area contributed by atoms with E-state index >= 15 is 0 Å². The maximum absolute atomic E-state index is 11.9. The van der Waals surface area contributed by atoms with Crippen LogP contribution < -0.4 is 0 Å². The van der Waals surface area contributed by atoms with Crippen molar-refractivity contribution in [1.82, 2.24) is 14.8 Å². The lowest BCUT2D eigenvalue weighted by Gasteiger charge is -2.46. The lowest BCUT2D eigenvalue weighted by atomic mass is 10.0. The highest BCUT2D eigenvalue weighted by Gasteiger charge is 2.34. The van der Waals surface area contributed by atoms with Crippen molar-refractivity contribution in [1.29, 1.82) is 0 Å². The van der Waals surface area contributed by atoms with Crippen LogP contribution in [0.15, 0.2) is 24.5 Å². The largest absolute Gasteiger partial charge is 0.372 e. The van der Waals surface area contributed by atoms with Gasteiger partial charge in [0.05, 0.1) is 0 Å². The van der Waals surface area contributed by atoms with Crippen LogP contribution in [0.4, 0.5) is 0 Å². The van der Waals surface area contributed by atoms with Gasteiger partial charge in [-0.05, 0) is 24.5 Å². The van der Waals surface area contributed by atoms with E-state index in [0.717, 1.165) is 26.2 Å². The quantitative estimate of drug-likeness (QED) is 0.734. The van der Waals surface area contributed by atoms with E-state index in [1.54, 1.807) is 6.20 Å². The highest BCUT2D eigenvalue weighted by Crippen LogP contribution is 2.19. The monoisotopic (exact) mass is 305 g/mol. The molecule has 1 aromatic heterocycles. The predicted octanol–water partition coefficient (Wildman–Crippen LogP) is 1.79. The van der Waals surface area contributed by atoms with Crippen LogP contribution in [-0.4, -0.2) is 59.6 Å². The van der Waals surface area contributed by atoms with E-state index in [2.05, 4.69) is 29.8 Å². The van der Waals surface area contributed by atoms with Crippen LogP contribution in [0.1, 0.15) is 26.3 Å². The summed E-state index contributed by atoms with van der Waals surface area (Å²) in [4.78, 5) is 20.4. The van der Waals surface area contributed by atoms with Crippen molar-refractivity contribution in [3.05, 3.63) is 30.1 Å². The molecule has 0 N–H and O–H groups in total. The normalized spacial score (nSPS) is 15.4. The molecule has 1 saturated heterocycles. The zero-order valence-corrected chi connectivity index (χ0v) is 13.9. The molecule has 1 aliphatic heterocycles. The number of rotatable bonds is 8. The number of aromatic nitrogens is 1. The fourth-order valence-corrected chi connectivity index (χ4v) is 2.71. The first-order chi connectivity index (χ1) is 10.6. The van der Waals surface area contributed by atoms with Crippen LogP contribution in [0, 0.1) is 5.92 Å². The third-order valence-electron chi connectivity index (χ3n) is 3.87. The molecule has 2 rings (SSSR count). The van der Waals surface area contributed by atoms with Gasteiger partial charge in [0.25, 0.3) is 0 Å². The molecule has 0 aromatic carbocycles. The Bertz CT molecular complexity index is 458. The zero-order valence-electron chi connectivity index (χ0n) is 13.9. The van der Waals surface area contributed by atoms with Gasteiger partial charge in [-0.3, -0.25) is 14.7 Å². The van der Waals surface area contributed by atoms with Gasteiger partial charge in [-0.25, -0.2) is 0 Å². The molecule has 1 aliphatic rings. The topological polar surface area (TPSA) is 45.7 Å². The van der Waals surface area contributed by atoms with E-state index in [1.807, 2.05) is 24.1 Å². The lowest BCUT2D eigenvalue weighted by Crippen LogP contribution is -2.61. The summed E-state index contributed by atoms with van der Waals surface area (Å²) in [6, 6.07) is 4.52. The molecule has 1 aromatic rings. The van der Waals surface area contributed by atoms with Gasteiger partial charge < -0.3 is 9.64 Å². The van der Waals surface area contributed by atoms with Crippen molar-refractivity contribution in [3.8, 4) is 0 Å². The van der Waals surface area contributed by atoms with Crippen LogP contribution in [-0.2, 0) is 16.1 Å². The summed E-state index contributed by atoms with van der Waals surface area (Å²) >= 11 is 0. The van der Waals surface area contributed by atoms with Crippen molar-refractivity contribution < 1.29 is 9.53 Å². The van der Waals surface area contributed by atoms with Gasteiger partial charge in [-0.2, -0.15) is 0 Å². The second kappa shape index (κ2) is 8.25.